The van der Waals surface area contributed by atoms with Gasteiger partial charge in [0.15, 0.2) is 11.5 Å². The number of methoxy groups -OCH3 is 1. The molecule has 29 heavy (non-hydrogen) atoms. The molecule has 148 valence electrons. The molecular formula is C20H19FN6O2. The Morgan fingerprint density at radius 3 is 2.76 bits per heavy atom. The van der Waals surface area contributed by atoms with Crippen LogP contribution < -0.4 is 16.4 Å². The molecule has 2 heterocycles. The summed E-state index contributed by atoms with van der Waals surface area (Å²) in [6, 6.07) is 10.9. The van der Waals surface area contributed by atoms with Crippen LogP contribution in [-0.2, 0) is 4.74 Å². The monoisotopic (exact) mass is 394 g/mol. The van der Waals surface area contributed by atoms with E-state index in [0.717, 1.165) is 11.3 Å². The number of aromatic nitrogens is 3. The molecule has 4 rings (SSSR count). The molecule has 2 aromatic carbocycles. The molecule has 0 spiro atoms. The van der Waals surface area contributed by atoms with Crippen LogP contribution in [0.3, 0.4) is 0 Å². The summed E-state index contributed by atoms with van der Waals surface area (Å²) in [5.41, 5.74) is 9.14. The number of nitrogens with one attached hydrogen (secondary N) is 2. The number of carbonyl (C=O) groups is 1. The minimum atomic E-state index is -0.633. The number of carbonyl (C=O) groups excluding carboxylic acids is 1. The Hall–Kier alpha value is -3.72. The van der Waals surface area contributed by atoms with Gasteiger partial charge in [0.05, 0.1) is 29.5 Å². The highest BCUT2D eigenvalue weighted by molar-refractivity contribution is 5.89. The molecule has 0 atom stereocenters. The fraction of sp³-hybridized carbons (Fsp3) is 0.150. The van der Waals surface area contributed by atoms with Crippen LogP contribution in [0.5, 0.6) is 0 Å². The van der Waals surface area contributed by atoms with Crippen molar-refractivity contribution in [2.45, 2.75) is 0 Å². The van der Waals surface area contributed by atoms with Crippen molar-refractivity contribution >= 4 is 34.2 Å². The molecule has 0 aliphatic carbocycles. The maximum atomic E-state index is 14.0. The number of rotatable bonds is 6. The number of fused-ring (bicyclic) bond motifs is 3. The number of anilines is 2. The van der Waals surface area contributed by atoms with Gasteiger partial charge >= 0.3 is 6.03 Å². The first-order valence-corrected chi connectivity index (χ1v) is 8.93. The van der Waals surface area contributed by atoms with Crippen molar-refractivity contribution in [1.29, 1.82) is 0 Å². The fourth-order valence-electron chi connectivity index (χ4n) is 3.16. The van der Waals surface area contributed by atoms with E-state index in [-0.39, 0.29) is 5.82 Å². The van der Waals surface area contributed by atoms with Crippen LogP contribution in [0.4, 0.5) is 20.7 Å². The first kappa shape index (κ1) is 18.6. The van der Waals surface area contributed by atoms with E-state index < -0.39 is 6.03 Å². The largest absolute Gasteiger partial charge is 0.383 e. The van der Waals surface area contributed by atoms with Crippen LogP contribution in [0.1, 0.15) is 0 Å². The van der Waals surface area contributed by atoms with Gasteiger partial charge < -0.3 is 21.1 Å². The summed E-state index contributed by atoms with van der Waals surface area (Å²) < 4.78 is 20.9. The summed E-state index contributed by atoms with van der Waals surface area (Å²) in [6.07, 6.45) is 1.71. The van der Waals surface area contributed by atoms with E-state index in [9.17, 15) is 9.18 Å². The molecule has 0 radical (unpaired) electrons. The number of imidazole rings is 1. The second-order valence-electron chi connectivity index (χ2n) is 6.38. The average molecular weight is 394 g/mol. The third-order valence-electron chi connectivity index (χ3n) is 4.43. The van der Waals surface area contributed by atoms with Crippen LogP contribution in [0.15, 0.2) is 48.7 Å². The predicted molar refractivity (Wildman–Crippen MR) is 109 cm³/mol. The van der Waals surface area contributed by atoms with Crippen molar-refractivity contribution in [2.75, 3.05) is 30.9 Å². The topological polar surface area (TPSA) is 107 Å². The summed E-state index contributed by atoms with van der Waals surface area (Å²) >= 11 is 0. The number of amides is 2. The molecule has 0 fully saturated rings. The number of nitrogens with zero attached hydrogens (tertiary/aromatic N) is 3. The molecule has 4 aromatic rings. The Bertz CT molecular complexity index is 1190. The fourth-order valence-corrected chi connectivity index (χ4v) is 3.16. The van der Waals surface area contributed by atoms with Crippen molar-refractivity contribution in [1.82, 2.24) is 14.4 Å². The Labute approximate surface area is 165 Å². The molecule has 0 aliphatic heterocycles. The van der Waals surface area contributed by atoms with Gasteiger partial charge in [0.1, 0.15) is 5.82 Å². The maximum absolute atomic E-state index is 14.0. The van der Waals surface area contributed by atoms with Crippen molar-refractivity contribution in [3.05, 3.63) is 54.5 Å². The zero-order chi connectivity index (χ0) is 20.4. The molecule has 0 saturated heterocycles. The lowest BCUT2D eigenvalue weighted by molar-refractivity contribution is 0.210. The minimum Gasteiger partial charge on any atom is -0.383 e. The highest BCUT2D eigenvalue weighted by Crippen LogP contribution is 2.29. The number of ether oxygens (including phenoxy) is 1. The highest BCUT2D eigenvalue weighted by atomic mass is 19.1. The lowest BCUT2D eigenvalue weighted by atomic mass is 10.1. The van der Waals surface area contributed by atoms with E-state index in [1.807, 2.05) is 16.5 Å². The third-order valence-corrected chi connectivity index (χ3v) is 4.43. The Morgan fingerprint density at radius 1 is 1.24 bits per heavy atom. The van der Waals surface area contributed by atoms with Gasteiger partial charge in [-0.25, -0.2) is 19.2 Å². The predicted octanol–water partition coefficient (Wildman–Crippen LogP) is 3.24. The molecular weight excluding hydrogens is 375 g/mol. The second-order valence-corrected chi connectivity index (χ2v) is 6.38. The molecule has 8 nitrogen and oxygen atoms in total. The summed E-state index contributed by atoms with van der Waals surface area (Å²) in [5, 5.41) is 5.74. The van der Waals surface area contributed by atoms with E-state index in [1.165, 1.54) is 12.1 Å². The van der Waals surface area contributed by atoms with E-state index in [2.05, 4.69) is 20.6 Å². The van der Waals surface area contributed by atoms with Crippen molar-refractivity contribution in [3.63, 3.8) is 0 Å². The van der Waals surface area contributed by atoms with Crippen LogP contribution in [0.2, 0.25) is 0 Å². The van der Waals surface area contributed by atoms with Gasteiger partial charge in [-0.1, -0.05) is 12.1 Å². The van der Waals surface area contributed by atoms with Gasteiger partial charge in [-0.05, 0) is 24.3 Å². The van der Waals surface area contributed by atoms with Crippen LogP contribution in [0, 0.1) is 5.82 Å². The Morgan fingerprint density at radius 2 is 2.03 bits per heavy atom. The lowest BCUT2D eigenvalue weighted by Gasteiger charge is -2.12. The van der Waals surface area contributed by atoms with Gasteiger partial charge in [0, 0.05) is 31.0 Å². The summed E-state index contributed by atoms with van der Waals surface area (Å²) in [4.78, 5) is 20.1. The summed E-state index contributed by atoms with van der Waals surface area (Å²) in [6.45, 7) is 1.07. The van der Waals surface area contributed by atoms with E-state index in [1.54, 1.807) is 31.5 Å². The molecule has 4 N–H and O–H groups in total. The SMILES string of the molecule is COCCNc1nc2ccc(F)cc2n2c(-c3ccc(NC(N)=O)cc3)cnc12. The zero-order valence-corrected chi connectivity index (χ0v) is 15.6. The van der Waals surface area contributed by atoms with E-state index in [4.69, 9.17) is 10.5 Å². The van der Waals surface area contributed by atoms with Crippen LogP contribution in [0.25, 0.3) is 27.9 Å². The number of benzene rings is 2. The number of hydrogen-bond acceptors (Lipinski definition) is 5. The number of nitrogens with two attached hydrogens (primary N) is 1. The van der Waals surface area contributed by atoms with Gasteiger partial charge in [0.25, 0.3) is 0 Å². The summed E-state index contributed by atoms with van der Waals surface area (Å²) in [5.74, 6) is 0.223. The van der Waals surface area contributed by atoms with Crippen molar-refractivity contribution in [3.8, 4) is 11.3 Å². The van der Waals surface area contributed by atoms with E-state index >= 15 is 0 Å². The average Bonchev–Trinajstić information content (AvgIpc) is 3.14. The standard InChI is InChI=1S/C20H19FN6O2/c1-29-9-8-23-18-19-24-11-17(12-2-5-14(6-3-12)25-20(22)28)27(19)16-10-13(21)4-7-15(16)26-18/h2-7,10-11H,8-9H2,1H3,(H,23,26)(H3,22,25,28). The molecule has 0 saturated carbocycles. The third kappa shape index (κ3) is 3.67. The normalized spacial score (nSPS) is 11.1. The van der Waals surface area contributed by atoms with Gasteiger partial charge in [-0.15, -0.1) is 0 Å². The molecule has 2 amide bonds. The van der Waals surface area contributed by atoms with Gasteiger partial charge in [-0.2, -0.15) is 0 Å². The zero-order valence-electron chi connectivity index (χ0n) is 15.6. The maximum Gasteiger partial charge on any atom is 0.316 e. The van der Waals surface area contributed by atoms with Crippen LogP contribution >= 0.6 is 0 Å². The smallest absolute Gasteiger partial charge is 0.316 e. The molecule has 0 bridgehead atoms. The van der Waals surface area contributed by atoms with Gasteiger partial charge in [0.2, 0.25) is 0 Å². The van der Waals surface area contributed by atoms with Crippen LogP contribution in [-0.4, -0.2) is 40.7 Å². The van der Waals surface area contributed by atoms with Crippen molar-refractivity contribution < 1.29 is 13.9 Å². The quantitative estimate of drug-likeness (QED) is 0.435. The number of halogens is 1. The Balaban J connectivity index is 1.87. The number of hydrogen-bond donors (Lipinski definition) is 3. The number of urea groups is 1. The van der Waals surface area contributed by atoms with Crippen molar-refractivity contribution in [2.24, 2.45) is 5.73 Å². The molecule has 2 aromatic heterocycles. The number of primary amides is 1. The van der Waals surface area contributed by atoms with Gasteiger partial charge in [-0.3, -0.25) is 4.40 Å². The van der Waals surface area contributed by atoms with E-state index in [0.29, 0.717) is 41.3 Å². The first-order valence-electron chi connectivity index (χ1n) is 8.93. The summed E-state index contributed by atoms with van der Waals surface area (Å²) in [7, 11) is 1.62. The first-order chi connectivity index (χ1) is 14.1. The lowest BCUT2D eigenvalue weighted by Crippen LogP contribution is -2.19. The Kier molecular flexibility index (Phi) is 4.96. The molecule has 0 unspecified atom stereocenters. The second kappa shape index (κ2) is 7.72. The molecule has 9 heteroatoms. The minimum absolute atomic E-state index is 0.360. The molecule has 0 aliphatic rings. The highest BCUT2D eigenvalue weighted by Gasteiger charge is 2.15.